The number of alkyl halides is 3. The summed E-state index contributed by atoms with van der Waals surface area (Å²) in [6, 6.07) is 0.0312. The molecule has 5 nitrogen and oxygen atoms in total. The summed E-state index contributed by atoms with van der Waals surface area (Å²) in [5.74, 6) is 0.720. The van der Waals surface area contributed by atoms with E-state index in [-0.39, 0.29) is 6.04 Å². The molecule has 2 aliphatic heterocycles. The highest BCUT2D eigenvalue weighted by molar-refractivity contribution is 5.80. The molecule has 2 rings (SSSR count). The Morgan fingerprint density at radius 3 is 2.58 bits per heavy atom. The highest BCUT2D eigenvalue weighted by Gasteiger charge is 2.34. The lowest BCUT2D eigenvalue weighted by Gasteiger charge is -2.20. The van der Waals surface area contributed by atoms with Crippen molar-refractivity contribution in [1.82, 2.24) is 20.4 Å². The highest BCUT2D eigenvalue weighted by Crippen LogP contribution is 2.19. The molecular weight excluding hydrogens is 319 g/mol. The first kappa shape index (κ1) is 19.3. The Hall–Kier alpha value is -1.02. The Balaban J connectivity index is 1.70. The fourth-order valence-electron chi connectivity index (χ4n) is 3.35. The van der Waals surface area contributed by atoms with Crippen LogP contribution in [0.1, 0.15) is 32.6 Å². The fourth-order valence-corrected chi connectivity index (χ4v) is 3.35. The van der Waals surface area contributed by atoms with Gasteiger partial charge in [-0.2, -0.15) is 13.2 Å². The molecule has 2 N–H and O–H groups in total. The van der Waals surface area contributed by atoms with Gasteiger partial charge in [0.1, 0.15) is 0 Å². The van der Waals surface area contributed by atoms with E-state index >= 15 is 0 Å². The Morgan fingerprint density at radius 1 is 1.17 bits per heavy atom. The second kappa shape index (κ2) is 9.46. The van der Waals surface area contributed by atoms with Crippen molar-refractivity contribution in [3.63, 3.8) is 0 Å². The number of nitrogens with zero attached hydrogens (tertiary/aromatic N) is 3. The van der Waals surface area contributed by atoms with E-state index < -0.39 is 12.7 Å². The van der Waals surface area contributed by atoms with Gasteiger partial charge in [0.25, 0.3) is 0 Å². The van der Waals surface area contributed by atoms with E-state index in [9.17, 15) is 13.2 Å². The molecule has 0 aliphatic carbocycles. The summed E-state index contributed by atoms with van der Waals surface area (Å²) in [6.07, 6.45) is 0.200. The molecule has 8 heteroatoms. The molecule has 1 atom stereocenters. The van der Waals surface area contributed by atoms with Gasteiger partial charge >= 0.3 is 6.18 Å². The third-order valence-electron chi connectivity index (χ3n) is 4.46. The van der Waals surface area contributed by atoms with E-state index in [1.165, 1.54) is 30.8 Å². The number of halogens is 3. The molecule has 0 bridgehead atoms. The van der Waals surface area contributed by atoms with Crippen molar-refractivity contribution >= 4 is 5.96 Å². The first-order valence-electron chi connectivity index (χ1n) is 9.02. The maximum Gasteiger partial charge on any atom is 0.401 e. The van der Waals surface area contributed by atoms with Crippen LogP contribution in [0.3, 0.4) is 0 Å². The largest absolute Gasteiger partial charge is 0.401 e. The van der Waals surface area contributed by atoms with Crippen LogP contribution < -0.4 is 10.6 Å². The maximum atomic E-state index is 12.4. The Kier molecular flexibility index (Phi) is 7.61. The predicted octanol–water partition coefficient (Wildman–Crippen LogP) is 1.66. The maximum absolute atomic E-state index is 12.4. The van der Waals surface area contributed by atoms with Gasteiger partial charge in [-0.25, -0.2) is 0 Å². The summed E-state index contributed by atoms with van der Waals surface area (Å²) >= 11 is 0. The van der Waals surface area contributed by atoms with E-state index in [1.54, 1.807) is 0 Å². The van der Waals surface area contributed by atoms with E-state index in [0.29, 0.717) is 19.5 Å². The van der Waals surface area contributed by atoms with Gasteiger partial charge in [-0.05, 0) is 52.2 Å². The number of hydrogen-bond acceptors (Lipinski definition) is 3. The number of guanidine groups is 1. The molecule has 2 heterocycles. The summed E-state index contributed by atoms with van der Waals surface area (Å²) < 4.78 is 37.3. The number of rotatable bonds is 7. The second-order valence-electron chi connectivity index (χ2n) is 6.64. The standard InChI is InChI=1S/C16H30F3N5/c1-2-20-15(21-7-5-10-23-8-3-4-9-23)22-14-6-11-24(12-14)13-16(17,18)19/h14H,2-13H2,1H3,(H2,20,21,22). The molecule has 2 fully saturated rings. The van der Waals surface area contributed by atoms with E-state index in [1.807, 2.05) is 6.92 Å². The lowest BCUT2D eigenvalue weighted by molar-refractivity contribution is -0.143. The summed E-state index contributed by atoms with van der Waals surface area (Å²) in [5.41, 5.74) is 0. The van der Waals surface area contributed by atoms with Gasteiger partial charge in [0.05, 0.1) is 6.54 Å². The van der Waals surface area contributed by atoms with Gasteiger partial charge in [-0.3, -0.25) is 9.89 Å². The minimum Gasteiger partial charge on any atom is -0.357 e. The van der Waals surface area contributed by atoms with Gasteiger partial charge in [-0.15, -0.1) is 0 Å². The van der Waals surface area contributed by atoms with Crippen LogP contribution in [0, 0.1) is 0 Å². The molecular formula is C16H30F3N5. The molecule has 140 valence electrons. The summed E-state index contributed by atoms with van der Waals surface area (Å²) in [7, 11) is 0. The zero-order valence-corrected chi connectivity index (χ0v) is 14.5. The van der Waals surface area contributed by atoms with Crippen LogP contribution in [0.25, 0.3) is 0 Å². The molecule has 0 amide bonds. The van der Waals surface area contributed by atoms with Crippen LogP contribution in [0.4, 0.5) is 13.2 Å². The first-order chi connectivity index (χ1) is 11.5. The number of nitrogens with one attached hydrogen (secondary N) is 2. The van der Waals surface area contributed by atoms with Crippen LogP contribution in [0.15, 0.2) is 4.99 Å². The lowest BCUT2D eigenvalue weighted by Crippen LogP contribution is -2.45. The SMILES string of the molecule is CCNC(=NCCCN1CCCC1)NC1CCN(CC(F)(F)F)C1. The molecule has 0 radical (unpaired) electrons. The van der Waals surface area contributed by atoms with Crippen molar-refractivity contribution in [3.05, 3.63) is 0 Å². The topological polar surface area (TPSA) is 42.9 Å². The van der Waals surface area contributed by atoms with E-state index in [2.05, 4.69) is 20.5 Å². The van der Waals surface area contributed by atoms with Gasteiger partial charge in [0, 0.05) is 32.2 Å². The summed E-state index contributed by atoms with van der Waals surface area (Å²) in [5, 5.41) is 6.46. The summed E-state index contributed by atoms with van der Waals surface area (Å²) in [6.45, 7) is 7.01. The number of hydrogen-bond donors (Lipinski definition) is 2. The zero-order chi connectivity index (χ0) is 17.4. The van der Waals surface area contributed by atoms with Crippen molar-refractivity contribution in [3.8, 4) is 0 Å². The molecule has 2 aliphatic rings. The minimum absolute atomic E-state index is 0.0312. The van der Waals surface area contributed by atoms with Crippen molar-refractivity contribution in [2.24, 2.45) is 4.99 Å². The van der Waals surface area contributed by atoms with Crippen LogP contribution in [0.5, 0.6) is 0 Å². The number of aliphatic imine (C=N–C) groups is 1. The smallest absolute Gasteiger partial charge is 0.357 e. The Bertz CT molecular complexity index is 394. The van der Waals surface area contributed by atoms with E-state index in [0.717, 1.165) is 32.0 Å². The quantitative estimate of drug-likeness (QED) is 0.417. The lowest BCUT2D eigenvalue weighted by atomic mass is 10.3. The average molecular weight is 349 g/mol. The normalized spacial score (nSPS) is 23.8. The molecule has 0 aromatic rings. The first-order valence-corrected chi connectivity index (χ1v) is 9.02. The van der Waals surface area contributed by atoms with Gasteiger partial charge < -0.3 is 15.5 Å². The molecule has 0 aromatic heterocycles. The van der Waals surface area contributed by atoms with Gasteiger partial charge in [-0.1, -0.05) is 0 Å². The van der Waals surface area contributed by atoms with Crippen LogP contribution >= 0.6 is 0 Å². The predicted molar refractivity (Wildman–Crippen MR) is 90.3 cm³/mol. The molecule has 2 saturated heterocycles. The van der Waals surface area contributed by atoms with Gasteiger partial charge in [0.2, 0.25) is 0 Å². The zero-order valence-electron chi connectivity index (χ0n) is 14.5. The van der Waals surface area contributed by atoms with Crippen LogP contribution in [-0.4, -0.2) is 80.3 Å². The summed E-state index contributed by atoms with van der Waals surface area (Å²) in [4.78, 5) is 8.48. The molecule has 0 saturated carbocycles. The van der Waals surface area contributed by atoms with Crippen molar-refractivity contribution in [1.29, 1.82) is 0 Å². The molecule has 24 heavy (non-hydrogen) atoms. The average Bonchev–Trinajstić information content (AvgIpc) is 3.14. The molecule has 0 aromatic carbocycles. The van der Waals surface area contributed by atoms with Crippen molar-refractivity contribution < 1.29 is 13.2 Å². The van der Waals surface area contributed by atoms with Crippen molar-refractivity contribution in [2.75, 3.05) is 52.4 Å². The fraction of sp³-hybridized carbons (Fsp3) is 0.938. The Labute approximate surface area is 142 Å². The molecule has 0 spiro atoms. The highest BCUT2D eigenvalue weighted by atomic mass is 19.4. The van der Waals surface area contributed by atoms with Crippen molar-refractivity contribution in [2.45, 2.75) is 44.8 Å². The third-order valence-corrected chi connectivity index (χ3v) is 4.46. The minimum atomic E-state index is -4.12. The second-order valence-corrected chi connectivity index (χ2v) is 6.64. The Morgan fingerprint density at radius 2 is 1.92 bits per heavy atom. The number of likely N-dealkylation sites (tertiary alicyclic amines) is 2. The van der Waals surface area contributed by atoms with Crippen LogP contribution in [-0.2, 0) is 0 Å². The third kappa shape index (κ3) is 7.25. The monoisotopic (exact) mass is 349 g/mol. The van der Waals surface area contributed by atoms with Gasteiger partial charge in [0.15, 0.2) is 5.96 Å². The van der Waals surface area contributed by atoms with E-state index in [4.69, 9.17) is 0 Å². The molecule has 1 unspecified atom stereocenters. The van der Waals surface area contributed by atoms with Crippen LogP contribution in [0.2, 0.25) is 0 Å².